The number of hydrogen-bond acceptors (Lipinski definition) is 5. The van der Waals surface area contributed by atoms with Crippen molar-refractivity contribution < 1.29 is 14.7 Å². The Morgan fingerprint density at radius 2 is 1.88 bits per heavy atom. The van der Waals surface area contributed by atoms with Crippen LogP contribution in [0.3, 0.4) is 0 Å². The molecule has 25 heavy (non-hydrogen) atoms. The van der Waals surface area contributed by atoms with Crippen LogP contribution in [-0.4, -0.2) is 72.2 Å². The molecule has 1 saturated heterocycles. The van der Waals surface area contributed by atoms with Crippen LogP contribution in [0.5, 0.6) is 0 Å². The largest absolute Gasteiger partial charge is 0.395 e. The molecule has 7 nitrogen and oxygen atoms in total. The second-order valence-electron chi connectivity index (χ2n) is 6.54. The Labute approximate surface area is 149 Å². The standard InChI is InChI=1S/C18H28N4O3/c1-13-4-5-16(14(2)12-13)19-18(25)20-17(24)15(3)22-8-6-21(7-9-22)10-11-23/h4-5,12,15,23H,6-11H2,1-3H3,(H2,19,20,24,25). The lowest BCUT2D eigenvalue weighted by atomic mass is 10.1. The van der Waals surface area contributed by atoms with Crippen molar-refractivity contribution in [2.75, 3.05) is 44.6 Å². The van der Waals surface area contributed by atoms with Gasteiger partial charge in [-0.15, -0.1) is 0 Å². The van der Waals surface area contributed by atoms with Crippen LogP contribution in [0, 0.1) is 13.8 Å². The summed E-state index contributed by atoms with van der Waals surface area (Å²) in [5, 5.41) is 14.1. The fraction of sp³-hybridized carbons (Fsp3) is 0.556. The maximum Gasteiger partial charge on any atom is 0.325 e. The molecule has 0 aliphatic carbocycles. The van der Waals surface area contributed by atoms with Crippen LogP contribution in [0.1, 0.15) is 18.1 Å². The summed E-state index contributed by atoms with van der Waals surface area (Å²) in [5.74, 6) is -0.308. The molecule has 1 atom stereocenters. The van der Waals surface area contributed by atoms with Gasteiger partial charge in [0.2, 0.25) is 5.91 Å². The van der Waals surface area contributed by atoms with Gasteiger partial charge in [0.15, 0.2) is 0 Å². The highest BCUT2D eigenvalue weighted by atomic mass is 16.3. The third-order valence-corrected chi connectivity index (χ3v) is 4.62. The molecule has 7 heteroatoms. The number of aliphatic hydroxyl groups is 1. The van der Waals surface area contributed by atoms with Gasteiger partial charge in [-0.2, -0.15) is 0 Å². The molecule has 0 bridgehead atoms. The van der Waals surface area contributed by atoms with Crippen LogP contribution in [0.4, 0.5) is 10.5 Å². The molecule has 1 unspecified atom stereocenters. The monoisotopic (exact) mass is 348 g/mol. The van der Waals surface area contributed by atoms with E-state index in [9.17, 15) is 9.59 Å². The van der Waals surface area contributed by atoms with Gasteiger partial charge in [-0.3, -0.25) is 19.9 Å². The first-order chi connectivity index (χ1) is 11.9. The molecular formula is C18H28N4O3. The fourth-order valence-electron chi connectivity index (χ4n) is 3.01. The number of anilines is 1. The summed E-state index contributed by atoms with van der Waals surface area (Å²) in [7, 11) is 0. The smallest absolute Gasteiger partial charge is 0.325 e. The van der Waals surface area contributed by atoms with Crippen LogP contribution in [0.25, 0.3) is 0 Å². The third-order valence-electron chi connectivity index (χ3n) is 4.62. The molecule has 1 aliphatic rings. The van der Waals surface area contributed by atoms with E-state index in [0.29, 0.717) is 12.2 Å². The van der Waals surface area contributed by atoms with E-state index in [1.165, 1.54) is 0 Å². The number of aryl methyl sites for hydroxylation is 2. The number of aliphatic hydroxyl groups excluding tert-OH is 1. The first-order valence-corrected chi connectivity index (χ1v) is 8.67. The molecule has 1 heterocycles. The normalized spacial score (nSPS) is 17.1. The van der Waals surface area contributed by atoms with E-state index in [1.807, 2.05) is 36.9 Å². The van der Waals surface area contributed by atoms with E-state index in [0.717, 1.165) is 37.3 Å². The highest BCUT2D eigenvalue weighted by Crippen LogP contribution is 2.15. The van der Waals surface area contributed by atoms with Crippen molar-refractivity contribution in [1.82, 2.24) is 15.1 Å². The SMILES string of the molecule is Cc1ccc(NC(=O)NC(=O)C(C)N2CCN(CCO)CC2)c(C)c1. The summed E-state index contributed by atoms with van der Waals surface area (Å²) in [5.41, 5.74) is 2.77. The topological polar surface area (TPSA) is 84.9 Å². The number of amides is 3. The number of benzene rings is 1. The van der Waals surface area contributed by atoms with Crippen molar-refractivity contribution >= 4 is 17.6 Å². The Kier molecular flexibility index (Phi) is 6.92. The molecule has 138 valence electrons. The minimum Gasteiger partial charge on any atom is -0.395 e. The van der Waals surface area contributed by atoms with Gasteiger partial charge in [0.05, 0.1) is 12.6 Å². The van der Waals surface area contributed by atoms with Crippen molar-refractivity contribution in [2.24, 2.45) is 0 Å². The summed E-state index contributed by atoms with van der Waals surface area (Å²) in [6, 6.07) is 4.84. The Morgan fingerprint density at radius 1 is 1.20 bits per heavy atom. The lowest BCUT2D eigenvalue weighted by Crippen LogP contribution is -2.55. The number of piperazine rings is 1. The van der Waals surface area contributed by atoms with E-state index >= 15 is 0 Å². The maximum absolute atomic E-state index is 12.3. The lowest BCUT2D eigenvalue weighted by Gasteiger charge is -2.37. The van der Waals surface area contributed by atoms with Crippen molar-refractivity contribution in [2.45, 2.75) is 26.8 Å². The average molecular weight is 348 g/mol. The number of hydrogen-bond donors (Lipinski definition) is 3. The minimum atomic E-state index is -0.511. The van der Waals surface area contributed by atoms with Gasteiger partial charge in [0, 0.05) is 38.4 Å². The summed E-state index contributed by atoms with van der Waals surface area (Å²) in [6.07, 6.45) is 0. The number of carbonyl (C=O) groups excluding carboxylic acids is 2. The summed E-state index contributed by atoms with van der Waals surface area (Å²) in [4.78, 5) is 28.6. The predicted octanol–water partition coefficient (Wildman–Crippen LogP) is 0.950. The minimum absolute atomic E-state index is 0.147. The van der Waals surface area contributed by atoms with Crippen LogP contribution in [-0.2, 0) is 4.79 Å². The van der Waals surface area contributed by atoms with Crippen molar-refractivity contribution in [1.29, 1.82) is 0 Å². The fourth-order valence-corrected chi connectivity index (χ4v) is 3.01. The molecule has 3 amide bonds. The van der Waals surface area contributed by atoms with E-state index < -0.39 is 6.03 Å². The molecule has 0 aromatic heterocycles. The lowest BCUT2D eigenvalue weighted by molar-refractivity contribution is -0.125. The maximum atomic E-state index is 12.3. The molecule has 0 saturated carbocycles. The summed E-state index contributed by atoms with van der Waals surface area (Å²) in [6.45, 7) is 9.63. The van der Waals surface area contributed by atoms with Gasteiger partial charge in [-0.1, -0.05) is 17.7 Å². The van der Waals surface area contributed by atoms with E-state index in [2.05, 4.69) is 15.5 Å². The van der Waals surface area contributed by atoms with Crippen molar-refractivity contribution in [3.05, 3.63) is 29.3 Å². The number of β-amino-alcohol motifs (C(OH)–C–C–N with tert-alkyl or cyclic N) is 1. The zero-order chi connectivity index (χ0) is 18.4. The third kappa shape index (κ3) is 5.52. The van der Waals surface area contributed by atoms with E-state index in [-0.39, 0.29) is 18.6 Å². The Bertz CT molecular complexity index is 612. The van der Waals surface area contributed by atoms with Crippen molar-refractivity contribution in [3.8, 4) is 0 Å². The Balaban J connectivity index is 1.83. The molecule has 1 aromatic rings. The number of carbonyl (C=O) groups is 2. The van der Waals surface area contributed by atoms with Gasteiger partial charge in [0.1, 0.15) is 0 Å². The number of rotatable bonds is 5. The van der Waals surface area contributed by atoms with Gasteiger partial charge in [-0.25, -0.2) is 4.79 Å². The predicted molar refractivity (Wildman–Crippen MR) is 97.6 cm³/mol. The average Bonchev–Trinajstić information content (AvgIpc) is 2.57. The van der Waals surface area contributed by atoms with Crippen molar-refractivity contribution in [3.63, 3.8) is 0 Å². The molecule has 1 fully saturated rings. The van der Waals surface area contributed by atoms with E-state index in [4.69, 9.17) is 5.11 Å². The molecule has 0 radical (unpaired) electrons. The van der Waals surface area contributed by atoms with E-state index in [1.54, 1.807) is 6.92 Å². The van der Waals surface area contributed by atoms with Crippen LogP contribution < -0.4 is 10.6 Å². The molecule has 3 N–H and O–H groups in total. The first-order valence-electron chi connectivity index (χ1n) is 8.67. The number of nitrogens with zero attached hydrogens (tertiary/aromatic N) is 2. The quantitative estimate of drug-likeness (QED) is 0.738. The van der Waals surface area contributed by atoms with Gasteiger partial charge in [-0.05, 0) is 32.4 Å². The first kappa shape index (κ1) is 19.4. The second-order valence-corrected chi connectivity index (χ2v) is 6.54. The van der Waals surface area contributed by atoms with Gasteiger partial charge < -0.3 is 10.4 Å². The number of urea groups is 1. The highest BCUT2D eigenvalue weighted by molar-refractivity contribution is 6.03. The van der Waals surface area contributed by atoms with Crippen LogP contribution in [0.15, 0.2) is 18.2 Å². The van der Waals surface area contributed by atoms with Crippen LogP contribution in [0.2, 0.25) is 0 Å². The number of imide groups is 1. The molecular weight excluding hydrogens is 320 g/mol. The van der Waals surface area contributed by atoms with Gasteiger partial charge in [0.25, 0.3) is 0 Å². The Hall–Kier alpha value is -1.96. The Morgan fingerprint density at radius 3 is 2.48 bits per heavy atom. The number of nitrogens with one attached hydrogen (secondary N) is 2. The summed E-state index contributed by atoms with van der Waals surface area (Å²) >= 11 is 0. The molecule has 0 spiro atoms. The van der Waals surface area contributed by atoms with Gasteiger partial charge >= 0.3 is 6.03 Å². The van der Waals surface area contributed by atoms with Crippen LogP contribution >= 0.6 is 0 Å². The zero-order valence-corrected chi connectivity index (χ0v) is 15.2. The molecule has 2 rings (SSSR count). The highest BCUT2D eigenvalue weighted by Gasteiger charge is 2.26. The second kappa shape index (κ2) is 8.94. The summed E-state index contributed by atoms with van der Waals surface area (Å²) < 4.78 is 0. The molecule has 1 aliphatic heterocycles. The zero-order valence-electron chi connectivity index (χ0n) is 15.2. The molecule has 1 aromatic carbocycles.